The molecular formula is C23H23ClN4O4. The van der Waals surface area contributed by atoms with Crippen LogP contribution in [0.4, 0.5) is 16.2 Å². The molecule has 0 radical (unpaired) electrons. The molecule has 8 nitrogen and oxygen atoms in total. The fourth-order valence-electron chi connectivity index (χ4n) is 3.21. The maximum absolute atomic E-state index is 12.8. The van der Waals surface area contributed by atoms with Crippen molar-refractivity contribution >= 4 is 35.0 Å². The minimum atomic E-state index is -1.06. The zero-order chi connectivity index (χ0) is 23.3. The maximum atomic E-state index is 12.8. The fraction of sp³-hybridized carbons (Fsp3) is 0.174. The van der Waals surface area contributed by atoms with E-state index >= 15 is 0 Å². The molecular weight excluding hydrogens is 432 g/mol. The van der Waals surface area contributed by atoms with Crippen molar-refractivity contribution in [2.24, 2.45) is 0 Å². The quantitative estimate of drug-likeness (QED) is 0.404. The number of rotatable bonds is 7. The number of aromatic nitrogens is 1. The molecule has 0 saturated carbocycles. The standard InChI is InChI=1S/C23H23ClN4O4/c1-14-7-9-15(10-8-14)20(12-21(29)30)27-23(32)26-19-6-3-11-28(22(19)31)13-16-17(24)4-2-5-18(16)25/h2-11,20H,12-13,25H2,1H3,(H,29,30)(H2,26,27,32)/t20-/m0/s1. The number of hydrogen-bond donors (Lipinski definition) is 4. The number of halogens is 1. The van der Waals surface area contributed by atoms with E-state index in [1.54, 1.807) is 42.6 Å². The van der Waals surface area contributed by atoms with Gasteiger partial charge in [-0.15, -0.1) is 0 Å². The highest BCUT2D eigenvalue weighted by molar-refractivity contribution is 6.31. The summed E-state index contributed by atoms with van der Waals surface area (Å²) in [7, 11) is 0. The number of nitrogens with zero attached hydrogens (tertiary/aromatic N) is 1. The molecule has 9 heteroatoms. The van der Waals surface area contributed by atoms with Crippen LogP contribution >= 0.6 is 11.6 Å². The third-order valence-corrected chi connectivity index (χ3v) is 5.27. The topological polar surface area (TPSA) is 126 Å². The van der Waals surface area contributed by atoms with Crippen molar-refractivity contribution in [3.63, 3.8) is 0 Å². The fourth-order valence-corrected chi connectivity index (χ4v) is 3.45. The summed E-state index contributed by atoms with van der Waals surface area (Å²) in [5.41, 5.74) is 8.26. The summed E-state index contributed by atoms with van der Waals surface area (Å²) in [5, 5.41) is 14.8. The normalized spacial score (nSPS) is 11.6. The van der Waals surface area contributed by atoms with E-state index in [-0.39, 0.29) is 18.7 Å². The number of urea groups is 1. The Kier molecular flexibility index (Phi) is 7.17. The van der Waals surface area contributed by atoms with Gasteiger partial charge in [0, 0.05) is 22.5 Å². The Morgan fingerprint density at radius 1 is 1.12 bits per heavy atom. The number of hydrogen-bond acceptors (Lipinski definition) is 4. The first-order chi connectivity index (χ1) is 15.2. The van der Waals surface area contributed by atoms with Gasteiger partial charge >= 0.3 is 12.0 Å². The molecule has 1 aromatic heterocycles. The van der Waals surface area contributed by atoms with Crippen LogP contribution in [0.25, 0.3) is 0 Å². The molecule has 3 rings (SSSR count). The molecule has 5 N–H and O–H groups in total. The SMILES string of the molecule is Cc1ccc([C@H](CC(=O)O)NC(=O)Nc2cccn(Cc3c(N)cccc3Cl)c2=O)cc1. The molecule has 0 unspecified atom stereocenters. The number of carbonyl (C=O) groups excluding carboxylic acids is 1. The van der Waals surface area contributed by atoms with Crippen LogP contribution in [0.15, 0.2) is 65.6 Å². The Bertz CT molecular complexity index is 1170. The average molecular weight is 455 g/mol. The van der Waals surface area contributed by atoms with Gasteiger partial charge in [0.25, 0.3) is 5.56 Å². The predicted molar refractivity (Wildman–Crippen MR) is 124 cm³/mol. The summed E-state index contributed by atoms with van der Waals surface area (Å²) in [6.45, 7) is 2.04. The molecule has 2 amide bonds. The second kappa shape index (κ2) is 10.0. The number of carboxylic acids is 1. The van der Waals surface area contributed by atoms with Crippen molar-refractivity contribution in [2.75, 3.05) is 11.1 Å². The van der Waals surface area contributed by atoms with E-state index in [0.717, 1.165) is 5.56 Å². The zero-order valence-corrected chi connectivity index (χ0v) is 18.1. The predicted octanol–water partition coefficient (Wildman–Crippen LogP) is 3.78. The number of pyridine rings is 1. The van der Waals surface area contributed by atoms with Crippen molar-refractivity contribution in [3.8, 4) is 0 Å². The number of nitrogens with two attached hydrogens (primary N) is 1. The summed E-state index contributed by atoms with van der Waals surface area (Å²) < 4.78 is 1.38. The van der Waals surface area contributed by atoms with Crippen LogP contribution in [0.2, 0.25) is 5.02 Å². The highest BCUT2D eigenvalue weighted by Crippen LogP contribution is 2.22. The first-order valence-corrected chi connectivity index (χ1v) is 10.2. The molecule has 0 aliphatic carbocycles. The van der Waals surface area contributed by atoms with Crippen LogP contribution in [0.5, 0.6) is 0 Å². The Balaban J connectivity index is 1.78. The molecule has 2 aromatic carbocycles. The number of anilines is 2. The number of aryl methyl sites for hydroxylation is 1. The van der Waals surface area contributed by atoms with Crippen molar-refractivity contribution in [1.82, 2.24) is 9.88 Å². The van der Waals surface area contributed by atoms with Crippen molar-refractivity contribution in [3.05, 3.63) is 92.9 Å². The van der Waals surface area contributed by atoms with E-state index in [2.05, 4.69) is 10.6 Å². The van der Waals surface area contributed by atoms with E-state index in [9.17, 15) is 19.5 Å². The summed E-state index contributed by atoms with van der Waals surface area (Å²) in [4.78, 5) is 36.7. The van der Waals surface area contributed by atoms with Crippen LogP contribution in [-0.2, 0) is 11.3 Å². The number of nitrogen functional groups attached to an aromatic ring is 1. The largest absolute Gasteiger partial charge is 0.481 e. The number of aliphatic carboxylic acids is 1. The molecule has 0 saturated heterocycles. The summed E-state index contributed by atoms with van der Waals surface area (Å²) in [5.74, 6) is -1.06. The van der Waals surface area contributed by atoms with Crippen molar-refractivity contribution < 1.29 is 14.7 Å². The number of carbonyl (C=O) groups is 2. The lowest BCUT2D eigenvalue weighted by Crippen LogP contribution is -2.36. The molecule has 0 spiro atoms. The Morgan fingerprint density at radius 2 is 1.84 bits per heavy atom. The number of benzene rings is 2. The monoisotopic (exact) mass is 454 g/mol. The van der Waals surface area contributed by atoms with Gasteiger partial charge in [0.1, 0.15) is 5.69 Å². The van der Waals surface area contributed by atoms with Crippen LogP contribution in [0, 0.1) is 6.92 Å². The van der Waals surface area contributed by atoms with E-state index in [0.29, 0.717) is 21.8 Å². The summed E-state index contributed by atoms with van der Waals surface area (Å²) in [6, 6.07) is 13.9. The van der Waals surface area contributed by atoms with Gasteiger partial charge in [-0.1, -0.05) is 47.5 Å². The van der Waals surface area contributed by atoms with Gasteiger partial charge in [-0.25, -0.2) is 4.79 Å². The van der Waals surface area contributed by atoms with Gasteiger partial charge in [-0.3, -0.25) is 9.59 Å². The zero-order valence-electron chi connectivity index (χ0n) is 17.3. The van der Waals surface area contributed by atoms with Crippen LogP contribution < -0.4 is 21.9 Å². The van der Waals surface area contributed by atoms with Crippen LogP contribution in [-0.4, -0.2) is 21.7 Å². The van der Waals surface area contributed by atoms with E-state index in [4.69, 9.17) is 17.3 Å². The highest BCUT2D eigenvalue weighted by Gasteiger charge is 2.19. The highest BCUT2D eigenvalue weighted by atomic mass is 35.5. The maximum Gasteiger partial charge on any atom is 0.319 e. The molecule has 3 aromatic rings. The lowest BCUT2D eigenvalue weighted by atomic mass is 10.0. The molecule has 0 aliphatic rings. The average Bonchev–Trinajstić information content (AvgIpc) is 2.73. The number of nitrogens with one attached hydrogen (secondary N) is 2. The first-order valence-electron chi connectivity index (χ1n) is 9.83. The lowest BCUT2D eigenvalue weighted by molar-refractivity contribution is -0.137. The van der Waals surface area contributed by atoms with Crippen LogP contribution in [0.1, 0.15) is 29.2 Å². The number of carboxylic acid groups (broad SMARTS) is 1. The molecule has 0 aliphatic heterocycles. The van der Waals surface area contributed by atoms with Gasteiger partial charge < -0.3 is 26.0 Å². The van der Waals surface area contributed by atoms with Gasteiger partial charge in [-0.2, -0.15) is 0 Å². The molecule has 32 heavy (non-hydrogen) atoms. The van der Waals surface area contributed by atoms with Gasteiger partial charge in [-0.05, 0) is 36.8 Å². The molecule has 0 bridgehead atoms. The van der Waals surface area contributed by atoms with Crippen molar-refractivity contribution in [2.45, 2.75) is 25.9 Å². The van der Waals surface area contributed by atoms with E-state index in [1.165, 1.54) is 10.6 Å². The minimum Gasteiger partial charge on any atom is -0.481 e. The smallest absolute Gasteiger partial charge is 0.319 e. The van der Waals surface area contributed by atoms with Gasteiger partial charge in [0.15, 0.2) is 0 Å². The lowest BCUT2D eigenvalue weighted by Gasteiger charge is -2.18. The second-order valence-corrected chi connectivity index (χ2v) is 7.73. The third-order valence-electron chi connectivity index (χ3n) is 4.92. The second-order valence-electron chi connectivity index (χ2n) is 7.32. The molecule has 166 valence electrons. The Morgan fingerprint density at radius 3 is 2.50 bits per heavy atom. The first kappa shape index (κ1) is 22.9. The minimum absolute atomic E-state index is 0.0357. The molecule has 1 atom stereocenters. The van der Waals surface area contributed by atoms with Gasteiger partial charge in [0.2, 0.25) is 0 Å². The Hall–Kier alpha value is -3.78. The number of amides is 2. The van der Waals surface area contributed by atoms with Gasteiger partial charge in [0.05, 0.1) is 19.0 Å². The Labute approximate surface area is 189 Å². The van der Waals surface area contributed by atoms with Crippen LogP contribution in [0.3, 0.4) is 0 Å². The molecule has 0 fully saturated rings. The third kappa shape index (κ3) is 5.67. The summed E-state index contributed by atoms with van der Waals surface area (Å²) in [6.07, 6.45) is 1.26. The van der Waals surface area contributed by atoms with E-state index in [1.807, 2.05) is 19.1 Å². The van der Waals surface area contributed by atoms with Crippen molar-refractivity contribution in [1.29, 1.82) is 0 Å². The molecule has 1 heterocycles. The van der Waals surface area contributed by atoms with E-state index < -0.39 is 23.6 Å². The summed E-state index contributed by atoms with van der Waals surface area (Å²) >= 11 is 6.20.